The van der Waals surface area contributed by atoms with Crippen molar-refractivity contribution in [1.82, 2.24) is 4.90 Å². The molecule has 0 amide bonds. The van der Waals surface area contributed by atoms with E-state index in [4.69, 9.17) is 5.73 Å². The molecular weight excluding hydrogens is 234 g/mol. The lowest BCUT2D eigenvalue weighted by atomic mass is 9.98. The smallest absolute Gasteiger partial charge is 0.192 e. The second kappa shape index (κ2) is 3.98. The topological polar surface area (TPSA) is 41.6 Å². The zero-order valence-corrected chi connectivity index (χ0v) is 10.8. The number of aliphatic imine (C=N–C) groups is 1. The number of rotatable bonds is 2. The lowest BCUT2D eigenvalue weighted by molar-refractivity contribution is 0.340. The molecule has 3 nitrogen and oxygen atoms in total. The summed E-state index contributed by atoms with van der Waals surface area (Å²) in [5.41, 5.74) is 7.42. The van der Waals surface area contributed by atoms with Crippen LogP contribution in [0, 0.1) is 0 Å². The van der Waals surface area contributed by atoms with Crippen molar-refractivity contribution >= 4 is 16.7 Å². The Morgan fingerprint density at radius 2 is 1.84 bits per heavy atom. The highest BCUT2D eigenvalue weighted by atomic mass is 15.4. The van der Waals surface area contributed by atoms with Crippen molar-refractivity contribution in [3.05, 3.63) is 48.0 Å². The maximum Gasteiger partial charge on any atom is 0.192 e. The highest BCUT2D eigenvalue weighted by Crippen LogP contribution is 2.38. The van der Waals surface area contributed by atoms with Gasteiger partial charge in [0, 0.05) is 6.04 Å². The number of hydrogen-bond acceptors (Lipinski definition) is 3. The van der Waals surface area contributed by atoms with Crippen LogP contribution in [0.5, 0.6) is 0 Å². The van der Waals surface area contributed by atoms with Gasteiger partial charge in [-0.1, -0.05) is 42.5 Å². The second-order valence-corrected chi connectivity index (χ2v) is 5.42. The predicted molar refractivity (Wildman–Crippen MR) is 78.0 cm³/mol. The Morgan fingerprint density at radius 3 is 2.68 bits per heavy atom. The molecule has 0 saturated heterocycles. The predicted octanol–water partition coefficient (Wildman–Crippen LogP) is 2.67. The molecule has 19 heavy (non-hydrogen) atoms. The first-order chi connectivity index (χ1) is 9.34. The molecule has 96 valence electrons. The molecule has 1 saturated carbocycles. The summed E-state index contributed by atoms with van der Waals surface area (Å²) in [5.74, 6) is 0.723. The molecular formula is C16H17N3. The molecule has 4 rings (SSSR count). The molecule has 0 radical (unpaired) electrons. The van der Waals surface area contributed by atoms with Crippen molar-refractivity contribution in [3.63, 3.8) is 0 Å². The Labute approximate surface area is 112 Å². The Kier molecular flexibility index (Phi) is 2.28. The van der Waals surface area contributed by atoms with Gasteiger partial charge in [0.2, 0.25) is 0 Å². The molecule has 2 N–H and O–H groups in total. The van der Waals surface area contributed by atoms with Crippen molar-refractivity contribution in [2.75, 3.05) is 6.54 Å². The molecule has 0 spiro atoms. The van der Waals surface area contributed by atoms with Crippen molar-refractivity contribution in [3.8, 4) is 0 Å². The summed E-state index contributed by atoms with van der Waals surface area (Å²) in [6.45, 7) is 0.788. The monoisotopic (exact) mass is 251 g/mol. The summed E-state index contributed by atoms with van der Waals surface area (Å²) in [4.78, 5) is 6.78. The zero-order valence-electron chi connectivity index (χ0n) is 10.8. The van der Waals surface area contributed by atoms with Crippen LogP contribution >= 0.6 is 0 Å². The first kappa shape index (κ1) is 10.9. The third kappa shape index (κ3) is 1.69. The summed E-state index contributed by atoms with van der Waals surface area (Å²) in [7, 11) is 0. The first-order valence-electron chi connectivity index (χ1n) is 6.90. The van der Waals surface area contributed by atoms with Crippen LogP contribution in [0.4, 0.5) is 0 Å². The Hall–Kier alpha value is -2.03. The molecule has 0 bridgehead atoms. The third-order valence-electron chi connectivity index (χ3n) is 4.15. The lowest BCUT2D eigenvalue weighted by Gasteiger charge is -2.27. The van der Waals surface area contributed by atoms with Crippen LogP contribution < -0.4 is 5.73 Å². The fourth-order valence-corrected chi connectivity index (χ4v) is 3.09. The summed E-state index contributed by atoms with van der Waals surface area (Å²) < 4.78 is 0. The molecule has 2 aromatic carbocycles. The SMILES string of the molecule is NC1=NCC(c2cccc3ccccc23)N1C1CC1. The third-order valence-corrected chi connectivity index (χ3v) is 4.15. The minimum Gasteiger partial charge on any atom is -0.370 e. The van der Waals surface area contributed by atoms with Gasteiger partial charge in [-0.25, -0.2) is 0 Å². The van der Waals surface area contributed by atoms with E-state index in [2.05, 4.69) is 52.4 Å². The van der Waals surface area contributed by atoms with Crippen LogP contribution in [-0.2, 0) is 0 Å². The van der Waals surface area contributed by atoms with Crippen molar-refractivity contribution < 1.29 is 0 Å². The Balaban J connectivity index is 1.82. The van der Waals surface area contributed by atoms with E-state index in [1.54, 1.807) is 0 Å². The maximum absolute atomic E-state index is 6.07. The molecule has 1 heterocycles. The van der Waals surface area contributed by atoms with Crippen molar-refractivity contribution in [2.45, 2.75) is 24.9 Å². The molecule has 3 heteroatoms. The number of nitrogens with zero attached hydrogens (tertiary/aromatic N) is 2. The molecule has 1 aliphatic carbocycles. The quantitative estimate of drug-likeness (QED) is 0.891. The maximum atomic E-state index is 6.07. The van der Waals surface area contributed by atoms with E-state index < -0.39 is 0 Å². The molecule has 1 unspecified atom stereocenters. The number of fused-ring (bicyclic) bond motifs is 1. The van der Waals surface area contributed by atoms with Gasteiger partial charge in [-0.15, -0.1) is 0 Å². The van der Waals surface area contributed by atoms with Gasteiger partial charge in [0.1, 0.15) is 0 Å². The molecule has 2 aliphatic rings. The van der Waals surface area contributed by atoms with Crippen LogP contribution in [0.15, 0.2) is 47.5 Å². The number of guanidine groups is 1. The standard InChI is InChI=1S/C16H17N3/c17-16-18-10-15(19(16)12-8-9-12)14-7-3-5-11-4-1-2-6-13(11)14/h1-7,12,15H,8-10H2,(H2,17,18). The normalized spacial score (nSPS) is 22.8. The van der Waals surface area contributed by atoms with E-state index >= 15 is 0 Å². The first-order valence-corrected chi connectivity index (χ1v) is 6.90. The number of nitrogens with two attached hydrogens (primary N) is 1. The zero-order chi connectivity index (χ0) is 12.8. The average Bonchev–Trinajstić information content (AvgIpc) is 3.21. The van der Waals surface area contributed by atoms with Gasteiger partial charge in [0.15, 0.2) is 5.96 Å². The summed E-state index contributed by atoms with van der Waals surface area (Å²) in [6.07, 6.45) is 2.50. The van der Waals surface area contributed by atoms with Gasteiger partial charge in [-0.3, -0.25) is 4.99 Å². The van der Waals surface area contributed by atoms with Crippen LogP contribution in [-0.4, -0.2) is 23.4 Å². The van der Waals surface area contributed by atoms with Crippen molar-refractivity contribution in [2.24, 2.45) is 10.7 Å². The highest BCUT2D eigenvalue weighted by molar-refractivity contribution is 5.88. The second-order valence-electron chi connectivity index (χ2n) is 5.42. The van der Waals surface area contributed by atoms with Gasteiger partial charge in [0.25, 0.3) is 0 Å². The van der Waals surface area contributed by atoms with E-state index in [1.807, 2.05) is 0 Å². The minimum absolute atomic E-state index is 0.318. The van der Waals surface area contributed by atoms with Crippen molar-refractivity contribution in [1.29, 1.82) is 0 Å². The average molecular weight is 251 g/mol. The summed E-state index contributed by atoms with van der Waals surface area (Å²) in [5, 5.41) is 2.62. The van der Waals surface area contributed by atoms with Crippen LogP contribution in [0.3, 0.4) is 0 Å². The van der Waals surface area contributed by atoms with Gasteiger partial charge >= 0.3 is 0 Å². The van der Waals surface area contributed by atoms with Crippen LogP contribution in [0.25, 0.3) is 10.8 Å². The minimum atomic E-state index is 0.318. The molecule has 1 fully saturated rings. The van der Waals surface area contributed by atoms with Crippen LogP contribution in [0.2, 0.25) is 0 Å². The largest absolute Gasteiger partial charge is 0.370 e. The molecule has 1 aliphatic heterocycles. The van der Waals surface area contributed by atoms with E-state index in [1.165, 1.54) is 29.2 Å². The van der Waals surface area contributed by atoms with E-state index in [-0.39, 0.29) is 0 Å². The number of hydrogen-bond donors (Lipinski definition) is 1. The van der Waals surface area contributed by atoms with Crippen LogP contribution in [0.1, 0.15) is 24.4 Å². The molecule has 2 aromatic rings. The lowest BCUT2D eigenvalue weighted by Crippen LogP contribution is -2.37. The Bertz CT molecular complexity index is 653. The van der Waals surface area contributed by atoms with Gasteiger partial charge in [-0.2, -0.15) is 0 Å². The Morgan fingerprint density at radius 1 is 1.05 bits per heavy atom. The van der Waals surface area contributed by atoms with E-state index in [9.17, 15) is 0 Å². The summed E-state index contributed by atoms with van der Waals surface area (Å²) >= 11 is 0. The van der Waals surface area contributed by atoms with E-state index in [0.29, 0.717) is 12.1 Å². The fraction of sp³-hybridized carbons (Fsp3) is 0.312. The van der Waals surface area contributed by atoms with E-state index in [0.717, 1.165) is 12.5 Å². The van der Waals surface area contributed by atoms with Gasteiger partial charge in [0.05, 0.1) is 12.6 Å². The summed E-state index contributed by atoms with van der Waals surface area (Å²) in [6, 6.07) is 16.0. The molecule has 0 aromatic heterocycles. The van der Waals surface area contributed by atoms with Gasteiger partial charge in [-0.05, 0) is 29.2 Å². The fourth-order valence-electron chi connectivity index (χ4n) is 3.09. The molecule has 1 atom stereocenters. The number of benzene rings is 2. The van der Waals surface area contributed by atoms with Gasteiger partial charge < -0.3 is 10.6 Å². The highest BCUT2D eigenvalue weighted by Gasteiger charge is 2.39.